The van der Waals surface area contributed by atoms with Gasteiger partial charge in [0.1, 0.15) is 0 Å². The van der Waals surface area contributed by atoms with Gasteiger partial charge in [0.05, 0.1) is 6.61 Å². The highest BCUT2D eigenvalue weighted by molar-refractivity contribution is 5.65. The molecule has 0 saturated heterocycles. The van der Waals surface area contributed by atoms with Gasteiger partial charge in [-0.05, 0) is 44.1 Å². The van der Waals surface area contributed by atoms with Gasteiger partial charge in [-0.3, -0.25) is 4.79 Å². The molecule has 0 atom stereocenters. The highest BCUT2D eigenvalue weighted by Crippen LogP contribution is 1.98. The fraction of sp³-hybridized carbons (Fsp3) is 0.438. The van der Waals surface area contributed by atoms with Gasteiger partial charge in [0.15, 0.2) is 0 Å². The van der Waals surface area contributed by atoms with Crippen LogP contribution in [0.2, 0.25) is 0 Å². The van der Waals surface area contributed by atoms with E-state index in [1.54, 1.807) is 6.08 Å². The number of rotatable bonds is 6. The van der Waals surface area contributed by atoms with Gasteiger partial charge in [-0.1, -0.05) is 30.1 Å². The maximum Gasteiger partial charge on any atom is 0.302 e. The molecule has 0 amide bonds. The number of ether oxygens (including phenoxy) is 1. The Bertz CT molecular complexity index is 394. The summed E-state index contributed by atoms with van der Waals surface area (Å²) in [5, 5.41) is 0. The number of allylic oxidation sites excluding steroid dienone is 4. The largest absolute Gasteiger partial charge is 0.466 e. The average Bonchev–Trinajstić information content (AvgIpc) is 2.34. The van der Waals surface area contributed by atoms with Crippen molar-refractivity contribution in [3.05, 3.63) is 24.3 Å². The molecule has 18 heavy (non-hydrogen) atoms. The number of esters is 1. The molecule has 0 bridgehead atoms. The molecule has 0 aromatic rings. The molecule has 96 valence electrons. The van der Waals surface area contributed by atoms with Crippen molar-refractivity contribution in [2.24, 2.45) is 0 Å². The molecular formula is C16H20O2. The molecule has 0 aliphatic rings. The Morgan fingerprint density at radius 3 is 2.78 bits per heavy atom. The van der Waals surface area contributed by atoms with Crippen molar-refractivity contribution in [2.45, 2.75) is 39.5 Å². The van der Waals surface area contributed by atoms with Crippen molar-refractivity contribution in [3.63, 3.8) is 0 Å². The summed E-state index contributed by atoms with van der Waals surface area (Å²) in [7, 11) is 0. The second kappa shape index (κ2) is 13.1. The Morgan fingerprint density at radius 2 is 2.06 bits per heavy atom. The number of hydrogen-bond donors (Lipinski definition) is 0. The average molecular weight is 244 g/mol. The highest BCUT2D eigenvalue weighted by atomic mass is 16.5. The zero-order valence-electron chi connectivity index (χ0n) is 11.2. The molecule has 0 unspecified atom stereocenters. The molecule has 2 heteroatoms. The third kappa shape index (κ3) is 14.1. The first-order valence-electron chi connectivity index (χ1n) is 6.15. The van der Waals surface area contributed by atoms with Gasteiger partial charge in [-0.2, -0.15) is 0 Å². The number of carbonyl (C=O) groups excluding carboxylic acids is 1. The minimum atomic E-state index is -0.208. The van der Waals surface area contributed by atoms with E-state index in [2.05, 4.69) is 29.8 Å². The molecule has 0 radical (unpaired) electrons. The maximum atomic E-state index is 10.5. The highest BCUT2D eigenvalue weighted by Gasteiger charge is 1.90. The summed E-state index contributed by atoms with van der Waals surface area (Å²) in [6.45, 7) is 3.87. The number of hydrogen-bond acceptors (Lipinski definition) is 2. The molecular weight excluding hydrogens is 224 g/mol. The van der Waals surface area contributed by atoms with E-state index in [4.69, 9.17) is 4.74 Å². The van der Waals surface area contributed by atoms with E-state index in [1.165, 1.54) is 6.92 Å². The lowest BCUT2D eigenvalue weighted by Crippen LogP contribution is -1.99. The molecule has 0 aliphatic heterocycles. The smallest absolute Gasteiger partial charge is 0.302 e. The van der Waals surface area contributed by atoms with E-state index in [-0.39, 0.29) is 5.97 Å². The van der Waals surface area contributed by atoms with E-state index in [0.717, 1.165) is 25.7 Å². The number of unbranched alkanes of at least 4 members (excludes halogenated alkanes) is 2. The van der Waals surface area contributed by atoms with Crippen LogP contribution >= 0.6 is 0 Å². The van der Waals surface area contributed by atoms with Crippen molar-refractivity contribution in [1.29, 1.82) is 0 Å². The van der Waals surface area contributed by atoms with Crippen LogP contribution in [0.15, 0.2) is 24.3 Å². The van der Waals surface area contributed by atoms with Crippen molar-refractivity contribution in [3.8, 4) is 23.7 Å². The molecule has 0 aromatic carbocycles. The Kier molecular flexibility index (Phi) is 11.7. The van der Waals surface area contributed by atoms with Gasteiger partial charge in [0.2, 0.25) is 0 Å². The topological polar surface area (TPSA) is 26.3 Å². The molecule has 0 aliphatic carbocycles. The Balaban J connectivity index is 3.44. The normalized spacial score (nSPS) is 9.67. The predicted molar refractivity (Wildman–Crippen MR) is 74.6 cm³/mol. The van der Waals surface area contributed by atoms with Crippen molar-refractivity contribution < 1.29 is 9.53 Å². The van der Waals surface area contributed by atoms with Crippen molar-refractivity contribution in [2.75, 3.05) is 6.61 Å². The van der Waals surface area contributed by atoms with Crippen LogP contribution in [-0.2, 0) is 9.53 Å². The summed E-state index contributed by atoms with van der Waals surface area (Å²) in [4.78, 5) is 10.5. The van der Waals surface area contributed by atoms with Crippen LogP contribution in [0, 0.1) is 23.7 Å². The van der Waals surface area contributed by atoms with Crippen LogP contribution in [0.5, 0.6) is 0 Å². The minimum Gasteiger partial charge on any atom is -0.466 e. The predicted octanol–water partition coefficient (Wildman–Crippen LogP) is 3.25. The van der Waals surface area contributed by atoms with E-state index in [9.17, 15) is 4.79 Å². The third-order valence-corrected chi connectivity index (χ3v) is 1.93. The van der Waals surface area contributed by atoms with Crippen LogP contribution in [0.4, 0.5) is 0 Å². The lowest BCUT2D eigenvalue weighted by molar-refractivity contribution is -0.141. The second-order valence-corrected chi connectivity index (χ2v) is 3.58. The SMILES string of the molecule is CC=CC#CC#CCC=CCCCCOC(C)=O. The summed E-state index contributed by atoms with van der Waals surface area (Å²) in [5.74, 6) is 11.0. The summed E-state index contributed by atoms with van der Waals surface area (Å²) in [6, 6.07) is 0. The van der Waals surface area contributed by atoms with Gasteiger partial charge < -0.3 is 4.74 Å². The fourth-order valence-corrected chi connectivity index (χ4v) is 1.10. The van der Waals surface area contributed by atoms with Crippen molar-refractivity contribution in [1.82, 2.24) is 0 Å². The monoisotopic (exact) mass is 244 g/mol. The molecule has 0 N–H and O–H groups in total. The summed E-state index contributed by atoms with van der Waals surface area (Å²) in [6.07, 6.45) is 11.4. The maximum absolute atomic E-state index is 10.5. The van der Waals surface area contributed by atoms with E-state index in [1.807, 2.05) is 19.1 Å². The molecule has 0 spiro atoms. The van der Waals surface area contributed by atoms with Crippen molar-refractivity contribution >= 4 is 5.97 Å². The summed E-state index contributed by atoms with van der Waals surface area (Å²) < 4.78 is 4.83. The molecule has 0 rings (SSSR count). The van der Waals surface area contributed by atoms with Crippen LogP contribution in [0.3, 0.4) is 0 Å². The lowest BCUT2D eigenvalue weighted by atomic mass is 10.2. The first kappa shape index (κ1) is 16.1. The standard InChI is InChI=1S/C16H20O2/c1-3-4-5-6-7-8-9-10-11-12-13-14-15-18-16(2)17/h3-4,10-11H,9,12-15H2,1-2H3. The molecule has 0 fully saturated rings. The Hall–Kier alpha value is -1.93. The summed E-state index contributed by atoms with van der Waals surface area (Å²) >= 11 is 0. The van der Waals surface area contributed by atoms with E-state index < -0.39 is 0 Å². The van der Waals surface area contributed by atoms with E-state index in [0.29, 0.717) is 6.61 Å². The lowest BCUT2D eigenvalue weighted by Gasteiger charge is -1.98. The molecule has 0 heterocycles. The Labute approximate surface area is 110 Å². The molecule has 0 saturated carbocycles. The van der Waals surface area contributed by atoms with Crippen LogP contribution in [-0.4, -0.2) is 12.6 Å². The number of carbonyl (C=O) groups is 1. The van der Waals surface area contributed by atoms with E-state index >= 15 is 0 Å². The minimum absolute atomic E-state index is 0.208. The van der Waals surface area contributed by atoms with Crippen LogP contribution < -0.4 is 0 Å². The quantitative estimate of drug-likeness (QED) is 0.310. The van der Waals surface area contributed by atoms with Gasteiger partial charge in [0, 0.05) is 13.3 Å². The van der Waals surface area contributed by atoms with Gasteiger partial charge in [-0.25, -0.2) is 0 Å². The van der Waals surface area contributed by atoms with Gasteiger partial charge >= 0.3 is 5.97 Å². The zero-order valence-corrected chi connectivity index (χ0v) is 11.2. The first-order valence-corrected chi connectivity index (χ1v) is 6.15. The zero-order chi connectivity index (χ0) is 13.5. The fourth-order valence-electron chi connectivity index (χ4n) is 1.10. The van der Waals surface area contributed by atoms with Crippen LogP contribution in [0.25, 0.3) is 0 Å². The van der Waals surface area contributed by atoms with Gasteiger partial charge in [-0.15, -0.1) is 0 Å². The molecule has 2 nitrogen and oxygen atoms in total. The van der Waals surface area contributed by atoms with Gasteiger partial charge in [0.25, 0.3) is 0 Å². The molecule has 0 aromatic heterocycles. The third-order valence-electron chi connectivity index (χ3n) is 1.93. The summed E-state index contributed by atoms with van der Waals surface area (Å²) in [5.41, 5.74) is 0. The Morgan fingerprint density at radius 1 is 1.22 bits per heavy atom. The van der Waals surface area contributed by atoms with Crippen LogP contribution in [0.1, 0.15) is 39.5 Å². The second-order valence-electron chi connectivity index (χ2n) is 3.58. The first-order chi connectivity index (χ1) is 8.77.